The van der Waals surface area contributed by atoms with E-state index in [1.165, 1.54) is 36.3 Å². The molecule has 1 heterocycles. The number of carbonyl (C=O) groups excluding carboxylic acids is 1. The Morgan fingerprint density at radius 2 is 2.19 bits per heavy atom. The molecule has 1 unspecified atom stereocenters. The van der Waals surface area contributed by atoms with Gasteiger partial charge in [0.05, 0.1) is 37.2 Å². The van der Waals surface area contributed by atoms with Crippen LogP contribution in [0.15, 0.2) is 29.2 Å². The van der Waals surface area contributed by atoms with Crippen LogP contribution in [0, 0.1) is 0 Å². The Labute approximate surface area is 151 Å². The number of carboxylic acids is 1. The van der Waals surface area contributed by atoms with Gasteiger partial charge in [0.1, 0.15) is 0 Å². The van der Waals surface area contributed by atoms with E-state index in [-0.39, 0.29) is 43.2 Å². The Kier molecular flexibility index (Phi) is 7.09. The van der Waals surface area contributed by atoms with Crippen LogP contribution in [-0.4, -0.2) is 76.4 Å². The van der Waals surface area contributed by atoms with Gasteiger partial charge in [0.25, 0.3) is 5.91 Å². The number of nitrogens with zero attached hydrogens (tertiary/aromatic N) is 1. The van der Waals surface area contributed by atoms with E-state index in [1.54, 1.807) is 0 Å². The maximum atomic E-state index is 12.8. The second-order valence-electron chi connectivity index (χ2n) is 5.74. The van der Waals surface area contributed by atoms with Crippen LogP contribution in [0.1, 0.15) is 16.8 Å². The third-order valence-electron chi connectivity index (χ3n) is 3.89. The quantitative estimate of drug-likeness (QED) is 0.600. The first-order valence-corrected chi connectivity index (χ1v) is 9.52. The van der Waals surface area contributed by atoms with Gasteiger partial charge in [0.2, 0.25) is 10.0 Å². The van der Waals surface area contributed by atoms with E-state index < -0.39 is 27.9 Å². The van der Waals surface area contributed by atoms with Crippen LogP contribution in [-0.2, 0) is 24.3 Å². The highest BCUT2D eigenvalue weighted by atomic mass is 32.2. The zero-order valence-corrected chi connectivity index (χ0v) is 15.2. The Morgan fingerprint density at radius 3 is 2.88 bits per heavy atom. The zero-order valence-electron chi connectivity index (χ0n) is 14.4. The molecule has 1 amide bonds. The minimum absolute atomic E-state index is 0.0394. The second-order valence-corrected chi connectivity index (χ2v) is 7.51. The molecule has 0 radical (unpaired) electrons. The first-order chi connectivity index (χ1) is 12.3. The third kappa shape index (κ3) is 5.24. The minimum Gasteiger partial charge on any atom is -0.481 e. The normalized spacial score (nSPS) is 17.9. The number of sulfonamides is 1. The molecule has 1 aromatic carbocycles. The highest BCUT2D eigenvalue weighted by Crippen LogP contribution is 2.18. The zero-order chi connectivity index (χ0) is 19.2. The van der Waals surface area contributed by atoms with Gasteiger partial charge in [-0.05, 0) is 18.2 Å². The second kappa shape index (κ2) is 9.08. The first-order valence-electron chi connectivity index (χ1n) is 8.04. The summed E-state index contributed by atoms with van der Waals surface area (Å²) in [6.45, 7) is 1.02. The maximum Gasteiger partial charge on any atom is 0.305 e. The molecule has 2 N–H and O–H groups in total. The summed E-state index contributed by atoms with van der Waals surface area (Å²) in [5, 5.41) is 9.00. The molecule has 144 valence electrons. The fourth-order valence-electron chi connectivity index (χ4n) is 2.62. The molecule has 9 nitrogen and oxygen atoms in total. The molecule has 0 saturated carbocycles. The number of aliphatic carboxylic acids is 1. The number of hydrogen-bond acceptors (Lipinski definition) is 6. The monoisotopic (exact) mass is 386 g/mol. The molecule has 0 aliphatic carbocycles. The lowest BCUT2D eigenvalue weighted by molar-refractivity contribution is -0.139. The Bertz CT molecular complexity index is 751. The van der Waals surface area contributed by atoms with Gasteiger partial charge in [-0.15, -0.1) is 0 Å². The Hall–Kier alpha value is -2.01. The van der Waals surface area contributed by atoms with Crippen molar-refractivity contribution in [2.45, 2.75) is 17.4 Å². The maximum absolute atomic E-state index is 12.8. The summed E-state index contributed by atoms with van der Waals surface area (Å²) < 4.78 is 37.0. The van der Waals surface area contributed by atoms with Crippen molar-refractivity contribution in [1.82, 2.24) is 9.62 Å². The van der Waals surface area contributed by atoms with E-state index in [4.69, 9.17) is 14.6 Å². The SMILES string of the molecule is COCCNS(=O)(=O)c1cccc(C(=O)N2CCOCC2CC(=O)O)c1. The van der Waals surface area contributed by atoms with Crippen molar-refractivity contribution >= 4 is 21.9 Å². The van der Waals surface area contributed by atoms with E-state index in [9.17, 15) is 18.0 Å². The molecule has 0 bridgehead atoms. The number of benzene rings is 1. The van der Waals surface area contributed by atoms with Gasteiger partial charge in [-0.2, -0.15) is 0 Å². The lowest BCUT2D eigenvalue weighted by atomic mass is 10.1. The predicted molar refractivity (Wildman–Crippen MR) is 91.4 cm³/mol. The van der Waals surface area contributed by atoms with Crippen LogP contribution in [0.25, 0.3) is 0 Å². The summed E-state index contributed by atoms with van der Waals surface area (Å²) in [4.78, 5) is 25.1. The van der Waals surface area contributed by atoms with E-state index in [1.807, 2.05) is 0 Å². The van der Waals surface area contributed by atoms with Crippen molar-refractivity contribution in [3.63, 3.8) is 0 Å². The topological polar surface area (TPSA) is 122 Å². The number of morpholine rings is 1. The summed E-state index contributed by atoms with van der Waals surface area (Å²) in [5.74, 6) is -1.45. The molecule has 10 heteroatoms. The third-order valence-corrected chi connectivity index (χ3v) is 5.35. The first kappa shape index (κ1) is 20.3. The molecule has 1 aliphatic heterocycles. The number of hydrogen-bond donors (Lipinski definition) is 2. The van der Waals surface area contributed by atoms with Crippen molar-refractivity contribution in [3.8, 4) is 0 Å². The number of methoxy groups -OCH3 is 1. The standard InChI is InChI=1S/C16H22N2O7S/c1-24-7-5-17-26(22,23)14-4-2-3-12(9-14)16(21)18-6-8-25-11-13(18)10-15(19)20/h2-4,9,13,17H,5-8,10-11H2,1H3,(H,19,20). The number of carbonyl (C=O) groups is 2. The molecule has 1 aromatic rings. The Morgan fingerprint density at radius 1 is 1.42 bits per heavy atom. The smallest absolute Gasteiger partial charge is 0.305 e. The summed E-state index contributed by atoms with van der Waals surface area (Å²) in [7, 11) is -2.31. The van der Waals surface area contributed by atoms with Gasteiger partial charge < -0.3 is 19.5 Å². The molecule has 26 heavy (non-hydrogen) atoms. The molecule has 1 atom stereocenters. The van der Waals surface area contributed by atoms with Crippen LogP contribution in [0.2, 0.25) is 0 Å². The van der Waals surface area contributed by atoms with Crippen LogP contribution in [0.5, 0.6) is 0 Å². The van der Waals surface area contributed by atoms with E-state index in [0.717, 1.165) is 0 Å². The summed E-state index contributed by atoms with van der Waals surface area (Å²) in [5.41, 5.74) is 0.178. The van der Waals surface area contributed by atoms with Crippen molar-refractivity contribution in [3.05, 3.63) is 29.8 Å². The minimum atomic E-state index is -3.77. The van der Waals surface area contributed by atoms with Crippen molar-refractivity contribution in [2.75, 3.05) is 40.0 Å². The van der Waals surface area contributed by atoms with Gasteiger partial charge >= 0.3 is 5.97 Å². The van der Waals surface area contributed by atoms with Gasteiger partial charge in [-0.1, -0.05) is 6.07 Å². The molecule has 2 rings (SSSR count). The molecule has 1 saturated heterocycles. The van der Waals surface area contributed by atoms with E-state index >= 15 is 0 Å². The predicted octanol–water partition coefficient (Wildman–Crippen LogP) is -0.0730. The average molecular weight is 386 g/mol. The average Bonchev–Trinajstić information content (AvgIpc) is 2.61. The lowest BCUT2D eigenvalue weighted by Gasteiger charge is -2.35. The molecule has 1 aliphatic rings. The van der Waals surface area contributed by atoms with Crippen LogP contribution in [0.3, 0.4) is 0 Å². The summed E-state index contributed by atoms with van der Waals surface area (Å²) in [6, 6.07) is 5.06. The molecule has 0 aromatic heterocycles. The molecule has 1 fully saturated rings. The number of amides is 1. The highest BCUT2D eigenvalue weighted by Gasteiger charge is 2.30. The van der Waals surface area contributed by atoms with Crippen molar-refractivity contribution < 1.29 is 32.6 Å². The van der Waals surface area contributed by atoms with Gasteiger partial charge in [-0.25, -0.2) is 13.1 Å². The largest absolute Gasteiger partial charge is 0.481 e. The van der Waals surface area contributed by atoms with Crippen molar-refractivity contribution in [1.29, 1.82) is 0 Å². The van der Waals surface area contributed by atoms with Gasteiger partial charge in [0.15, 0.2) is 0 Å². The van der Waals surface area contributed by atoms with E-state index in [0.29, 0.717) is 6.61 Å². The molecular formula is C16H22N2O7S. The fraction of sp³-hybridized carbons (Fsp3) is 0.500. The van der Waals surface area contributed by atoms with Gasteiger partial charge in [-0.3, -0.25) is 9.59 Å². The summed E-state index contributed by atoms with van der Waals surface area (Å²) in [6.07, 6.45) is -0.234. The van der Waals surface area contributed by atoms with Gasteiger partial charge in [0, 0.05) is 25.8 Å². The van der Waals surface area contributed by atoms with Crippen molar-refractivity contribution in [2.24, 2.45) is 0 Å². The lowest BCUT2D eigenvalue weighted by Crippen LogP contribution is -2.49. The number of rotatable bonds is 8. The number of nitrogens with one attached hydrogen (secondary N) is 1. The molecular weight excluding hydrogens is 364 g/mol. The van der Waals surface area contributed by atoms with Crippen LogP contribution in [0.4, 0.5) is 0 Å². The van der Waals surface area contributed by atoms with E-state index in [2.05, 4.69) is 4.72 Å². The number of ether oxygens (including phenoxy) is 2. The Balaban J connectivity index is 2.20. The molecule has 0 spiro atoms. The number of carboxylic acid groups (broad SMARTS) is 1. The highest BCUT2D eigenvalue weighted by molar-refractivity contribution is 7.89. The van der Waals surface area contributed by atoms with Crippen LogP contribution >= 0.6 is 0 Å². The van der Waals surface area contributed by atoms with Crippen LogP contribution < -0.4 is 4.72 Å². The fourth-order valence-corrected chi connectivity index (χ4v) is 3.67. The summed E-state index contributed by atoms with van der Waals surface area (Å²) >= 11 is 0.